The molecule has 0 fully saturated rings. The van der Waals surface area contributed by atoms with Crippen LogP contribution in [-0.2, 0) is 0 Å². The van der Waals surface area contributed by atoms with E-state index in [1.54, 1.807) is 0 Å². The zero-order valence-electron chi connectivity index (χ0n) is 11.9. The molecule has 2 aromatic carbocycles. The average molecular weight is 280 g/mol. The highest BCUT2D eigenvalue weighted by molar-refractivity contribution is 5.97. The molecule has 1 aromatic heterocycles. The molecule has 3 aromatic rings. The topological polar surface area (TPSA) is 76.4 Å². The van der Waals surface area contributed by atoms with E-state index in [9.17, 15) is 0 Å². The van der Waals surface area contributed by atoms with E-state index < -0.39 is 0 Å². The molecule has 21 heavy (non-hydrogen) atoms. The third kappa shape index (κ3) is 2.23. The second-order valence-corrected chi connectivity index (χ2v) is 5.07. The van der Waals surface area contributed by atoms with Crippen molar-refractivity contribution in [1.29, 1.82) is 0 Å². The minimum Gasteiger partial charge on any atom is -0.409 e. The highest BCUT2D eigenvalue weighted by atomic mass is 16.4. The van der Waals surface area contributed by atoms with Crippen LogP contribution in [0.5, 0.6) is 0 Å². The SMILES string of the molecule is Cc1cc2ncn(-c3ccc(/C(N)=N/O)cc3)c2cc1C. The summed E-state index contributed by atoms with van der Waals surface area (Å²) >= 11 is 0. The number of oxime groups is 1. The molecule has 3 rings (SSSR count). The van der Waals surface area contributed by atoms with Crippen molar-refractivity contribution >= 4 is 16.9 Å². The Kier molecular flexibility index (Phi) is 3.10. The summed E-state index contributed by atoms with van der Waals surface area (Å²) in [5.74, 6) is 0.100. The molecule has 0 aliphatic carbocycles. The molecule has 0 aliphatic rings. The van der Waals surface area contributed by atoms with Crippen LogP contribution in [-0.4, -0.2) is 20.6 Å². The smallest absolute Gasteiger partial charge is 0.170 e. The largest absolute Gasteiger partial charge is 0.409 e. The van der Waals surface area contributed by atoms with Gasteiger partial charge < -0.3 is 10.9 Å². The summed E-state index contributed by atoms with van der Waals surface area (Å²) in [5, 5.41) is 11.7. The molecule has 3 N–H and O–H groups in total. The van der Waals surface area contributed by atoms with Crippen LogP contribution in [0.2, 0.25) is 0 Å². The van der Waals surface area contributed by atoms with Gasteiger partial charge in [0.1, 0.15) is 6.33 Å². The third-order valence-electron chi connectivity index (χ3n) is 3.71. The number of nitrogens with zero attached hydrogens (tertiary/aromatic N) is 3. The lowest BCUT2D eigenvalue weighted by Gasteiger charge is -2.07. The van der Waals surface area contributed by atoms with Crippen molar-refractivity contribution in [2.24, 2.45) is 10.9 Å². The number of fused-ring (bicyclic) bond motifs is 1. The molecule has 5 heteroatoms. The van der Waals surface area contributed by atoms with E-state index in [2.05, 4.69) is 36.1 Å². The number of nitrogens with two attached hydrogens (primary N) is 1. The molecule has 1 heterocycles. The van der Waals surface area contributed by atoms with Gasteiger partial charge >= 0.3 is 0 Å². The second kappa shape index (κ2) is 4.94. The lowest BCUT2D eigenvalue weighted by molar-refractivity contribution is 0.318. The van der Waals surface area contributed by atoms with Crippen molar-refractivity contribution < 1.29 is 5.21 Å². The second-order valence-electron chi connectivity index (χ2n) is 5.07. The minimum absolute atomic E-state index is 0.100. The van der Waals surface area contributed by atoms with Crippen LogP contribution in [0.4, 0.5) is 0 Å². The fraction of sp³-hybridized carbons (Fsp3) is 0.125. The molecule has 0 radical (unpaired) electrons. The van der Waals surface area contributed by atoms with Gasteiger partial charge in [-0.25, -0.2) is 4.98 Å². The van der Waals surface area contributed by atoms with Gasteiger partial charge in [0.2, 0.25) is 0 Å². The number of imidazole rings is 1. The van der Waals surface area contributed by atoms with E-state index in [1.807, 2.05) is 35.2 Å². The van der Waals surface area contributed by atoms with Gasteiger partial charge in [0.15, 0.2) is 5.84 Å². The van der Waals surface area contributed by atoms with Gasteiger partial charge in [0, 0.05) is 11.3 Å². The van der Waals surface area contributed by atoms with E-state index in [0.29, 0.717) is 5.56 Å². The Hall–Kier alpha value is -2.82. The maximum Gasteiger partial charge on any atom is 0.170 e. The van der Waals surface area contributed by atoms with Gasteiger partial charge in [-0.2, -0.15) is 0 Å². The standard InChI is InChI=1S/C16H16N4O/c1-10-7-14-15(8-11(10)2)20(9-18-14)13-5-3-12(4-6-13)16(17)19-21/h3-9,21H,1-2H3,(H2,17,19). The summed E-state index contributed by atoms with van der Waals surface area (Å²) in [4.78, 5) is 4.45. The Balaban J connectivity index is 2.10. The summed E-state index contributed by atoms with van der Waals surface area (Å²) < 4.78 is 2.03. The predicted octanol–water partition coefficient (Wildman–Crippen LogP) is 2.74. The van der Waals surface area contributed by atoms with Crippen molar-refractivity contribution in [3.63, 3.8) is 0 Å². The van der Waals surface area contributed by atoms with Gasteiger partial charge in [-0.3, -0.25) is 4.57 Å². The van der Waals surface area contributed by atoms with Gasteiger partial charge in [-0.15, -0.1) is 0 Å². The van der Waals surface area contributed by atoms with E-state index in [0.717, 1.165) is 16.7 Å². The Morgan fingerprint density at radius 3 is 2.48 bits per heavy atom. The number of hydrogen-bond donors (Lipinski definition) is 2. The number of hydrogen-bond acceptors (Lipinski definition) is 3. The Morgan fingerprint density at radius 2 is 1.81 bits per heavy atom. The lowest BCUT2D eigenvalue weighted by Crippen LogP contribution is -2.12. The lowest BCUT2D eigenvalue weighted by atomic mass is 10.1. The normalized spacial score (nSPS) is 12.0. The molecule has 0 saturated carbocycles. The number of aryl methyl sites for hydroxylation is 2. The first-order valence-electron chi connectivity index (χ1n) is 6.63. The number of aromatic nitrogens is 2. The highest BCUT2D eigenvalue weighted by Gasteiger charge is 2.07. The van der Waals surface area contributed by atoms with Crippen molar-refractivity contribution in [2.45, 2.75) is 13.8 Å². The quantitative estimate of drug-likeness (QED) is 0.328. The average Bonchev–Trinajstić information content (AvgIpc) is 2.90. The van der Waals surface area contributed by atoms with Crippen molar-refractivity contribution in [2.75, 3.05) is 0 Å². The monoisotopic (exact) mass is 280 g/mol. The summed E-state index contributed by atoms with van der Waals surface area (Å²) in [7, 11) is 0. The molecule has 0 unspecified atom stereocenters. The van der Waals surface area contributed by atoms with Gasteiger partial charge in [0.25, 0.3) is 0 Å². The van der Waals surface area contributed by atoms with Crippen molar-refractivity contribution in [1.82, 2.24) is 9.55 Å². The Morgan fingerprint density at radius 1 is 1.14 bits per heavy atom. The van der Waals surface area contributed by atoms with E-state index in [4.69, 9.17) is 10.9 Å². The summed E-state index contributed by atoms with van der Waals surface area (Å²) in [6.45, 7) is 4.17. The zero-order valence-corrected chi connectivity index (χ0v) is 11.9. The highest BCUT2D eigenvalue weighted by Crippen LogP contribution is 2.22. The Bertz CT molecular complexity index is 831. The van der Waals surface area contributed by atoms with Gasteiger partial charge in [0.05, 0.1) is 11.0 Å². The molecule has 0 bridgehead atoms. The molecule has 0 spiro atoms. The molecular weight excluding hydrogens is 264 g/mol. The van der Waals surface area contributed by atoms with Gasteiger partial charge in [-0.1, -0.05) is 5.16 Å². The van der Waals surface area contributed by atoms with Crippen LogP contribution in [0, 0.1) is 13.8 Å². The van der Waals surface area contributed by atoms with Crippen LogP contribution in [0.25, 0.3) is 16.7 Å². The summed E-state index contributed by atoms with van der Waals surface area (Å²) in [6, 6.07) is 11.7. The van der Waals surface area contributed by atoms with Crippen molar-refractivity contribution in [3.05, 3.63) is 59.4 Å². The van der Waals surface area contributed by atoms with E-state index in [1.165, 1.54) is 11.1 Å². The van der Waals surface area contributed by atoms with Crippen LogP contribution in [0.1, 0.15) is 16.7 Å². The number of benzene rings is 2. The van der Waals surface area contributed by atoms with Crippen LogP contribution < -0.4 is 5.73 Å². The molecule has 0 aliphatic heterocycles. The third-order valence-corrected chi connectivity index (χ3v) is 3.71. The molecule has 106 valence electrons. The Labute approximate surface area is 122 Å². The molecular formula is C16H16N4O. The predicted molar refractivity (Wildman–Crippen MR) is 83.1 cm³/mol. The minimum atomic E-state index is 0.100. The molecule has 0 saturated heterocycles. The van der Waals surface area contributed by atoms with Crippen LogP contribution in [0.15, 0.2) is 47.9 Å². The van der Waals surface area contributed by atoms with Crippen LogP contribution in [0.3, 0.4) is 0 Å². The maximum absolute atomic E-state index is 8.69. The molecule has 0 amide bonds. The van der Waals surface area contributed by atoms with Gasteiger partial charge in [-0.05, 0) is 61.4 Å². The molecule has 0 atom stereocenters. The fourth-order valence-electron chi connectivity index (χ4n) is 2.32. The first kappa shape index (κ1) is 13.2. The zero-order chi connectivity index (χ0) is 15.0. The number of amidine groups is 1. The first-order chi connectivity index (χ1) is 10.1. The summed E-state index contributed by atoms with van der Waals surface area (Å²) in [5.41, 5.74) is 11.7. The fourth-order valence-corrected chi connectivity index (χ4v) is 2.32. The van der Waals surface area contributed by atoms with Crippen molar-refractivity contribution in [3.8, 4) is 5.69 Å². The maximum atomic E-state index is 8.69. The van der Waals surface area contributed by atoms with E-state index in [-0.39, 0.29) is 5.84 Å². The molecule has 5 nitrogen and oxygen atoms in total. The number of rotatable bonds is 2. The summed E-state index contributed by atoms with van der Waals surface area (Å²) in [6.07, 6.45) is 1.81. The van der Waals surface area contributed by atoms with Crippen LogP contribution >= 0.6 is 0 Å². The first-order valence-corrected chi connectivity index (χ1v) is 6.63. The van der Waals surface area contributed by atoms with E-state index >= 15 is 0 Å².